The van der Waals surface area contributed by atoms with Crippen LogP contribution in [0.5, 0.6) is 0 Å². The first kappa shape index (κ1) is 16.6. The number of rotatable bonds is 7. The third-order valence-electron chi connectivity index (χ3n) is 1.88. The molecule has 0 heterocycles. The molecule has 6 heteroatoms. The van der Waals surface area contributed by atoms with Gasteiger partial charge in [0, 0.05) is 22.1 Å². The first-order valence-corrected chi connectivity index (χ1v) is 7.13. The van der Waals surface area contributed by atoms with Crippen molar-refractivity contribution in [3.8, 4) is 0 Å². The van der Waals surface area contributed by atoms with Crippen molar-refractivity contribution in [3.63, 3.8) is 0 Å². The highest BCUT2D eigenvalue weighted by molar-refractivity contribution is 7.99. The van der Waals surface area contributed by atoms with E-state index in [9.17, 15) is 4.79 Å². The fraction of sp³-hybridized carbons (Fsp3) is 0.364. The lowest BCUT2D eigenvalue weighted by Gasteiger charge is -2.03. The smallest absolute Gasteiger partial charge is 0.317 e. The van der Waals surface area contributed by atoms with Crippen molar-refractivity contribution in [1.29, 1.82) is 0 Å². The topological polar surface area (TPSA) is 49.3 Å². The lowest BCUT2D eigenvalue weighted by atomic mass is 10.4. The van der Waals surface area contributed by atoms with Crippen LogP contribution in [0.25, 0.3) is 0 Å². The molecule has 0 aliphatic rings. The first-order chi connectivity index (χ1) is 7.72. The Balaban J connectivity index is 0.00000256. The number of carboxylic acids is 1. The summed E-state index contributed by atoms with van der Waals surface area (Å²) in [6.07, 6.45) is 2.05. The van der Waals surface area contributed by atoms with Gasteiger partial charge in [0.25, 0.3) is 0 Å². The van der Waals surface area contributed by atoms with Crippen molar-refractivity contribution < 1.29 is 9.90 Å². The summed E-state index contributed by atoms with van der Waals surface area (Å²) in [6.45, 7) is 0.743. The molecule has 0 bridgehead atoms. The number of halogens is 1. The third kappa shape index (κ3) is 7.54. The van der Waals surface area contributed by atoms with Crippen molar-refractivity contribution >= 4 is 41.9 Å². The number of benzene rings is 1. The maximum Gasteiger partial charge on any atom is 0.317 e. The number of hydrogen-bond acceptors (Lipinski definition) is 4. The van der Waals surface area contributed by atoms with Crippen molar-refractivity contribution in [1.82, 2.24) is 5.32 Å². The summed E-state index contributed by atoms with van der Waals surface area (Å²) in [5.74, 6) is 0.0700. The maximum atomic E-state index is 10.2. The highest BCUT2D eigenvalue weighted by Crippen LogP contribution is 2.21. The van der Waals surface area contributed by atoms with Crippen LogP contribution < -0.4 is 5.32 Å². The molecule has 0 spiro atoms. The third-order valence-corrected chi connectivity index (χ3v) is 3.64. The largest absolute Gasteiger partial charge is 0.480 e. The fourth-order valence-corrected chi connectivity index (χ4v) is 2.33. The number of nitrogens with one attached hydrogen (secondary N) is 1. The normalized spacial score (nSPS) is 9.71. The van der Waals surface area contributed by atoms with Gasteiger partial charge in [-0.1, -0.05) is 0 Å². The van der Waals surface area contributed by atoms with Crippen LogP contribution in [0, 0.1) is 0 Å². The molecular weight excluding hydrogens is 278 g/mol. The Labute approximate surface area is 116 Å². The van der Waals surface area contributed by atoms with Crippen LogP contribution >= 0.6 is 35.9 Å². The number of aliphatic carboxylic acids is 1. The van der Waals surface area contributed by atoms with Gasteiger partial charge < -0.3 is 10.4 Å². The molecule has 0 aliphatic carbocycles. The predicted molar refractivity (Wildman–Crippen MR) is 76.7 cm³/mol. The van der Waals surface area contributed by atoms with E-state index in [1.165, 1.54) is 9.79 Å². The van der Waals surface area contributed by atoms with E-state index in [1.54, 1.807) is 23.5 Å². The molecule has 1 aromatic rings. The average molecular weight is 294 g/mol. The summed E-state index contributed by atoms with van der Waals surface area (Å²) in [5.41, 5.74) is 0. The SMILES string of the molecule is CSc1ccc(SCCNCC(=O)O)cc1.Cl. The van der Waals surface area contributed by atoms with Gasteiger partial charge in [-0.05, 0) is 30.5 Å². The highest BCUT2D eigenvalue weighted by atomic mass is 35.5. The fourth-order valence-electron chi connectivity index (χ4n) is 1.11. The molecule has 0 aromatic heterocycles. The van der Waals surface area contributed by atoms with Gasteiger partial charge in [0.2, 0.25) is 0 Å². The number of thioether (sulfide) groups is 2. The van der Waals surface area contributed by atoms with Crippen LogP contribution in [-0.4, -0.2) is 36.2 Å². The van der Waals surface area contributed by atoms with Gasteiger partial charge >= 0.3 is 5.97 Å². The molecule has 2 N–H and O–H groups in total. The van der Waals surface area contributed by atoms with Crippen molar-refractivity contribution in [2.75, 3.05) is 25.1 Å². The highest BCUT2D eigenvalue weighted by Gasteiger charge is 1.97. The molecule has 0 aliphatic heterocycles. The molecule has 3 nitrogen and oxygen atoms in total. The van der Waals surface area contributed by atoms with Crippen LogP contribution in [0.4, 0.5) is 0 Å². The lowest BCUT2D eigenvalue weighted by Crippen LogP contribution is -2.24. The quantitative estimate of drug-likeness (QED) is 0.598. The molecule has 0 amide bonds. The van der Waals surface area contributed by atoms with E-state index in [1.807, 2.05) is 0 Å². The van der Waals surface area contributed by atoms with E-state index >= 15 is 0 Å². The number of carbonyl (C=O) groups is 1. The first-order valence-electron chi connectivity index (χ1n) is 4.91. The number of hydrogen-bond donors (Lipinski definition) is 2. The van der Waals surface area contributed by atoms with Crippen LogP contribution in [0.2, 0.25) is 0 Å². The molecule has 0 unspecified atom stereocenters. The monoisotopic (exact) mass is 293 g/mol. The van der Waals surface area contributed by atoms with Crippen LogP contribution in [0.3, 0.4) is 0 Å². The Morgan fingerprint density at radius 1 is 1.29 bits per heavy atom. The molecule has 17 heavy (non-hydrogen) atoms. The van der Waals surface area contributed by atoms with E-state index < -0.39 is 5.97 Å². The summed E-state index contributed by atoms with van der Waals surface area (Å²) < 4.78 is 0. The predicted octanol–water partition coefficient (Wildman–Crippen LogP) is 2.60. The molecule has 0 saturated carbocycles. The average Bonchev–Trinajstić information content (AvgIpc) is 2.29. The van der Waals surface area contributed by atoms with Crippen molar-refractivity contribution in [3.05, 3.63) is 24.3 Å². The maximum absolute atomic E-state index is 10.2. The molecule has 0 fully saturated rings. The second-order valence-electron chi connectivity index (χ2n) is 3.09. The van der Waals surface area contributed by atoms with E-state index in [0.717, 1.165) is 5.75 Å². The Bertz CT molecular complexity index is 333. The Hall–Kier alpha value is -0.360. The van der Waals surface area contributed by atoms with E-state index in [2.05, 4.69) is 35.8 Å². The van der Waals surface area contributed by atoms with Crippen LogP contribution in [0.15, 0.2) is 34.1 Å². The van der Waals surface area contributed by atoms with Gasteiger partial charge in [0.15, 0.2) is 0 Å². The van der Waals surface area contributed by atoms with E-state index in [-0.39, 0.29) is 19.0 Å². The number of carboxylic acid groups (broad SMARTS) is 1. The van der Waals surface area contributed by atoms with Gasteiger partial charge in [-0.25, -0.2) is 0 Å². The molecule has 1 rings (SSSR count). The Morgan fingerprint density at radius 3 is 2.41 bits per heavy atom. The summed E-state index contributed by atoms with van der Waals surface area (Å²) in [7, 11) is 0. The zero-order valence-electron chi connectivity index (χ0n) is 9.51. The minimum atomic E-state index is -0.811. The second kappa shape index (κ2) is 9.65. The molecule has 96 valence electrons. The summed E-state index contributed by atoms with van der Waals surface area (Å²) >= 11 is 3.45. The summed E-state index contributed by atoms with van der Waals surface area (Å²) in [5, 5.41) is 11.3. The van der Waals surface area contributed by atoms with Crippen LogP contribution in [-0.2, 0) is 4.79 Å². The zero-order valence-corrected chi connectivity index (χ0v) is 12.0. The van der Waals surface area contributed by atoms with Gasteiger partial charge in [-0.3, -0.25) is 4.79 Å². The lowest BCUT2D eigenvalue weighted by molar-refractivity contribution is -0.135. The second-order valence-corrected chi connectivity index (χ2v) is 5.14. The summed E-state index contributed by atoms with van der Waals surface area (Å²) in [4.78, 5) is 12.7. The minimum Gasteiger partial charge on any atom is -0.480 e. The van der Waals surface area contributed by atoms with E-state index in [0.29, 0.717) is 6.54 Å². The van der Waals surface area contributed by atoms with E-state index in [4.69, 9.17) is 5.11 Å². The van der Waals surface area contributed by atoms with Crippen LogP contribution in [0.1, 0.15) is 0 Å². The molecule has 0 saturated heterocycles. The molecule has 0 radical (unpaired) electrons. The molecule has 0 atom stereocenters. The minimum absolute atomic E-state index is 0. The van der Waals surface area contributed by atoms with Crippen molar-refractivity contribution in [2.45, 2.75) is 9.79 Å². The van der Waals surface area contributed by atoms with Gasteiger partial charge in [0.05, 0.1) is 6.54 Å². The van der Waals surface area contributed by atoms with Gasteiger partial charge in [0.1, 0.15) is 0 Å². The Kier molecular flexibility index (Phi) is 9.44. The van der Waals surface area contributed by atoms with Gasteiger partial charge in [-0.15, -0.1) is 35.9 Å². The standard InChI is InChI=1S/C11H15NO2S2.ClH/c1-15-9-2-4-10(5-3-9)16-7-6-12-8-11(13)14;/h2-5,12H,6-8H2,1H3,(H,13,14);1H. The zero-order chi connectivity index (χ0) is 11.8. The summed E-state index contributed by atoms with van der Waals surface area (Å²) in [6, 6.07) is 8.37. The van der Waals surface area contributed by atoms with Crippen molar-refractivity contribution in [2.24, 2.45) is 0 Å². The van der Waals surface area contributed by atoms with Gasteiger partial charge in [-0.2, -0.15) is 0 Å². The molecular formula is C11H16ClNO2S2. The molecule has 1 aromatic carbocycles. The Morgan fingerprint density at radius 2 is 1.88 bits per heavy atom.